The smallest absolute Gasteiger partial charge is 0.163 e. The third kappa shape index (κ3) is 4.49. The summed E-state index contributed by atoms with van der Waals surface area (Å²) in [4.78, 5) is 4.86. The van der Waals surface area contributed by atoms with Crippen LogP contribution in [0, 0.1) is 0 Å². The Balaban J connectivity index is 1.71. The molecule has 7 nitrogen and oxygen atoms in total. The van der Waals surface area contributed by atoms with Crippen molar-refractivity contribution in [2.75, 3.05) is 21.5 Å². The molecule has 3 aromatic rings. The lowest BCUT2D eigenvalue weighted by Gasteiger charge is -2.30. The van der Waals surface area contributed by atoms with Gasteiger partial charge in [0.15, 0.2) is 5.65 Å². The van der Waals surface area contributed by atoms with Crippen LogP contribution in [0.15, 0.2) is 42.6 Å². The molecule has 0 aliphatic carbocycles. The van der Waals surface area contributed by atoms with Gasteiger partial charge in [-0.15, -0.1) is 0 Å². The first-order valence-electron chi connectivity index (χ1n) is 10.0. The molecule has 3 N–H and O–H groups in total. The summed E-state index contributed by atoms with van der Waals surface area (Å²) in [6.07, 6.45) is 2.26. The number of aliphatic hydroxyl groups is 1. The molecule has 0 bridgehead atoms. The van der Waals surface area contributed by atoms with E-state index in [9.17, 15) is 5.11 Å². The van der Waals surface area contributed by atoms with E-state index < -0.39 is 0 Å². The third-order valence-electron chi connectivity index (χ3n) is 5.29. The summed E-state index contributed by atoms with van der Waals surface area (Å²) < 4.78 is 4.06. The fraction of sp³-hybridized carbons (Fsp3) is 0.429. The van der Waals surface area contributed by atoms with Crippen molar-refractivity contribution in [2.24, 2.45) is 0 Å². The third-order valence-corrected chi connectivity index (χ3v) is 6.13. The number of fused-ring (bicyclic) bond motifs is 1. The van der Waals surface area contributed by atoms with Gasteiger partial charge in [0.25, 0.3) is 0 Å². The second-order valence-corrected chi connectivity index (χ2v) is 8.97. The number of nitrogens with zero attached hydrogens (tertiary/aromatic N) is 4. The SMILES string of the molecule is CC(C)c1cnn2c(N(I)Cc3ccccc3)cc(NC3CNCC[C@H]3O)nc12. The van der Waals surface area contributed by atoms with Crippen LogP contribution < -0.4 is 13.7 Å². The zero-order valence-corrected chi connectivity index (χ0v) is 18.9. The number of piperidine rings is 1. The highest BCUT2D eigenvalue weighted by Gasteiger charge is 2.24. The van der Waals surface area contributed by atoms with Crippen LogP contribution in [-0.2, 0) is 6.54 Å². The Kier molecular flexibility index (Phi) is 6.21. The number of benzene rings is 1. The number of rotatable bonds is 6. The van der Waals surface area contributed by atoms with Crippen molar-refractivity contribution in [3.63, 3.8) is 0 Å². The lowest BCUT2D eigenvalue weighted by Crippen LogP contribution is -2.48. The molecule has 2 atom stereocenters. The summed E-state index contributed by atoms with van der Waals surface area (Å²) in [6, 6.07) is 12.3. The maximum Gasteiger partial charge on any atom is 0.163 e. The van der Waals surface area contributed by atoms with Crippen LogP contribution in [0.25, 0.3) is 5.65 Å². The summed E-state index contributed by atoms with van der Waals surface area (Å²) in [7, 11) is 0. The molecular weight excluding hydrogens is 479 g/mol. The topological polar surface area (TPSA) is 77.7 Å². The Bertz CT molecular complexity index is 960. The molecule has 0 saturated carbocycles. The van der Waals surface area contributed by atoms with Crippen molar-refractivity contribution in [2.45, 2.75) is 44.9 Å². The van der Waals surface area contributed by atoms with Gasteiger partial charge in [0.1, 0.15) is 11.6 Å². The average Bonchev–Trinajstić information content (AvgIpc) is 3.14. The quantitative estimate of drug-likeness (QED) is 0.352. The van der Waals surface area contributed by atoms with Crippen LogP contribution in [0.3, 0.4) is 0 Å². The molecule has 1 saturated heterocycles. The number of aromatic nitrogens is 3. The zero-order valence-electron chi connectivity index (χ0n) is 16.7. The lowest BCUT2D eigenvalue weighted by atomic mass is 10.0. The highest BCUT2D eigenvalue weighted by molar-refractivity contribution is 14.1. The van der Waals surface area contributed by atoms with Gasteiger partial charge in [0.05, 0.1) is 47.8 Å². The first kappa shape index (κ1) is 20.4. The summed E-state index contributed by atoms with van der Waals surface area (Å²) >= 11 is 2.33. The first-order chi connectivity index (χ1) is 14.0. The highest BCUT2D eigenvalue weighted by Crippen LogP contribution is 2.29. The Morgan fingerprint density at radius 1 is 1.34 bits per heavy atom. The van der Waals surface area contributed by atoms with Crippen LogP contribution in [-0.4, -0.2) is 44.9 Å². The molecule has 154 valence electrons. The molecule has 4 rings (SSSR count). The van der Waals surface area contributed by atoms with Crippen molar-refractivity contribution in [1.29, 1.82) is 0 Å². The van der Waals surface area contributed by atoms with Gasteiger partial charge in [-0.1, -0.05) is 44.2 Å². The van der Waals surface area contributed by atoms with E-state index in [-0.39, 0.29) is 12.1 Å². The van der Waals surface area contributed by atoms with Crippen LogP contribution in [0.5, 0.6) is 0 Å². The van der Waals surface area contributed by atoms with Gasteiger partial charge in [0.2, 0.25) is 0 Å². The Hall–Kier alpha value is -1.91. The van der Waals surface area contributed by atoms with Crippen molar-refractivity contribution < 1.29 is 5.11 Å². The Labute approximate surface area is 185 Å². The minimum absolute atomic E-state index is 0.0613. The van der Waals surface area contributed by atoms with E-state index in [1.54, 1.807) is 0 Å². The van der Waals surface area contributed by atoms with E-state index in [4.69, 9.17) is 4.98 Å². The van der Waals surface area contributed by atoms with Gasteiger partial charge in [-0.3, -0.25) is 3.11 Å². The van der Waals surface area contributed by atoms with E-state index in [2.05, 4.69) is 79.8 Å². The monoisotopic (exact) mass is 506 g/mol. The number of hydrogen-bond acceptors (Lipinski definition) is 6. The second-order valence-electron chi connectivity index (χ2n) is 7.81. The van der Waals surface area contributed by atoms with Gasteiger partial charge in [0, 0.05) is 18.2 Å². The van der Waals surface area contributed by atoms with E-state index in [1.807, 2.05) is 22.8 Å². The minimum Gasteiger partial charge on any atom is -0.391 e. The second kappa shape index (κ2) is 8.85. The maximum absolute atomic E-state index is 10.4. The highest BCUT2D eigenvalue weighted by atomic mass is 127. The number of aliphatic hydroxyl groups excluding tert-OH is 1. The van der Waals surface area contributed by atoms with E-state index in [0.717, 1.165) is 48.9 Å². The fourth-order valence-electron chi connectivity index (χ4n) is 3.62. The Morgan fingerprint density at radius 2 is 2.14 bits per heavy atom. The zero-order chi connectivity index (χ0) is 20.4. The largest absolute Gasteiger partial charge is 0.391 e. The normalized spacial score (nSPS) is 19.6. The number of anilines is 2. The van der Waals surface area contributed by atoms with Gasteiger partial charge in [-0.2, -0.15) is 9.61 Å². The van der Waals surface area contributed by atoms with Gasteiger partial charge in [-0.25, -0.2) is 4.98 Å². The molecule has 29 heavy (non-hydrogen) atoms. The molecule has 2 aromatic heterocycles. The molecule has 1 aliphatic rings. The number of hydrogen-bond donors (Lipinski definition) is 3. The van der Waals surface area contributed by atoms with Crippen LogP contribution in [0.2, 0.25) is 0 Å². The molecule has 3 heterocycles. The molecule has 0 radical (unpaired) electrons. The van der Waals surface area contributed by atoms with E-state index in [0.29, 0.717) is 5.92 Å². The lowest BCUT2D eigenvalue weighted by molar-refractivity contribution is 0.124. The maximum atomic E-state index is 10.4. The van der Waals surface area contributed by atoms with Crippen LogP contribution in [0.4, 0.5) is 11.6 Å². The van der Waals surface area contributed by atoms with Crippen molar-refractivity contribution >= 4 is 40.1 Å². The number of halogens is 1. The molecule has 0 spiro atoms. The molecule has 0 amide bonds. The fourth-order valence-corrected chi connectivity index (χ4v) is 4.36. The predicted octanol–water partition coefficient (Wildman–Crippen LogP) is 3.34. The summed E-state index contributed by atoms with van der Waals surface area (Å²) in [5, 5.41) is 21.8. The summed E-state index contributed by atoms with van der Waals surface area (Å²) in [6.45, 7) is 6.62. The van der Waals surface area contributed by atoms with Gasteiger partial charge in [-0.05, 0) is 24.4 Å². The van der Waals surface area contributed by atoms with Gasteiger partial charge >= 0.3 is 0 Å². The average molecular weight is 506 g/mol. The summed E-state index contributed by atoms with van der Waals surface area (Å²) in [5.74, 6) is 2.03. The predicted molar refractivity (Wildman–Crippen MR) is 125 cm³/mol. The molecule has 1 aromatic carbocycles. The molecular formula is C21H27IN6O. The van der Waals surface area contributed by atoms with Gasteiger partial charge < -0.3 is 15.7 Å². The van der Waals surface area contributed by atoms with E-state index >= 15 is 0 Å². The molecule has 1 aliphatic heterocycles. The minimum atomic E-state index is -0.382. The molecule has 1 unspecified atom stereocenters. The Morgan fingerprint density at radius 3 is 2.86 bits per heavy atom. The van der Waals surface area contributed by atoms with Crippen molar-refractivity contribution in [3.8, 4) is 0 Å². The molecule has 1 fully saturated rings. The molecule has 8 heteroatoms. The van der Waals surface area contributed by atoms with Crippen LogP contribution >= 0.6 is 22.9 Å². The van der Waals surface area contributed by atoms with Crippen molar-refractivity contribution in [1.82, 2.24) is 19.9 Å². The standard InChI is InChI=1S/C21H27IN6O/c1-14(2)16-11-24-28-20(27(22)13-15-6-4-3-5-7-15)10-19(26-21(16)28)25-17-12-23-9-8-18(17)29/h3-7,10-11,14,17-18,23,29H,8-9,12-13H2,1-2H3,(H,25,26)/t17?,18-/m1/s1. The van der Waals surface area contributed by atoms with Crippen LogP contribution in [0.1, 0.15) is 37.3 Å². The van der Waals surface area contributed by atoms with E-state index in [1.165, 1.54) is 5.56 Å². The first-order valence-corrected chi connectivity index (χ1v) is 11.0. The summed E-state index contributed by atoms with van der Waals surface area (Å²) in [5.41, 5.74) is 3.19. The van der Waals surface area contributed by atoms with Crippen molar-refractivity contribution in [3.05, 3.63) is 53.7 Å². The number of nitrogens with one attached hydrogen (secondary N) is 2.